The SMILES string of the molecule is Fc1c(C(F)F)ccc2c1C[C@H]1OCCN[C@@H]21. The number of nitrogens with one attached hydrogen (secondary N) is 1. The van der Waals surface area contributed by atoms with Crippen molar-refractivity contribution in [2.24, 2.45) is 0 Å². The molecule has 5 heteroatoms. The van der Waals surface area contributed by atoms with E-state index in [9.17, 15) is 13.2 Å². The number of hydrogen-bond acceptors (Lipinski definition) is 2. The largest absolute Gasteiger partial charge is 0.375 e. The molecule has 1 aliphatic heterocycles. The first-order valence-electron chi connectivity index (χ1n) is 5.63. The second-order valence-corrected chi connectivity index (χ2v) is 4.38. The highest BCUT2D eigenvalue weighted by Crippen LogP contribution is 2.38. The van der Waals surface area contributed by atoms with Gasteiger partial charge in [0.2, 0.25) is 0 Å². The molecule has 2 nitrogen and oxygen atoms in total. The Morgan fingerprint density at radius 1 is 1.35 bits per heavy atom. The van der Waals surface area contributed by atoms with Crippen molar-refractivity contribution in [2.75, 3.05) is 13.2 Å². The molecule has 0 aromatic heterocycles. The molecule has 1 saturated heterocycles. The topological polar surface area (TPSA) is 21.3 Å². The fourth-order valence-corrected chi connectivity index (χ4v) is 2.66. The van der Waals surface area contributed by atoms with Crippen LogP contribution in [0.2, 0.25) is 0 Å². The number of hydrogen-bond donors (Lipinski definition) is 1. The highest BCUT2D eigenvalue weighted by molar-refractivity contribution is 5.41. The number of alkyl halides is 2. The van der Waals surface area contributed by atoms with Crippen molar-refractivity contribution >= 4 is 0 Å². The van der Waals surface area contributed by atoms with Crippen LogP contribution in [0.4, 0.5) is 13.2 Å². The average molecular weight is 243 g/mol. The monoisotopic (exact) mass is 243 g/mol. The first-order chi connectivity index (χ1) is 8.18. The minimum atomic E-state index is -2.77. The van der Waals surface area contributed by atoms with Gasteiger partial charge in [-0.15, -0.1) is 0 Å². The van der Waals surface area contributed by atoms with Gasteiger partial charge in [-0.3, -0.25) is 0 Å². The van der Waals surface area contributed by atoms with Gasteiger partial charge in [-0.2, -0.15) is 0 Å². The first-order valence-corrected chi connectivity index (χ1v) is 5.63. The summed E-state index contributed by atoms with van der Waals surface area (Å²) >= 11 is 0. The van der Waals surface area contributed by atoms with E-state index >= 15 is 0 Å². The lowest BCUT2D eigenvalue weighted by Crippen LogP contribution is -2.39. The van der Waals surface area contributed by atoms with Crippen molar-refractivity contribution in [2.45, 2.75) is 25.0 Å². The van der Waals surface area contributed by atoms with Crippen LogP contribution < -0.4 is 5.32 Å². The third-order valence-electron chi connectivity index (χ3n) is 3.45. The van der Waals surface area contributed by atoms with E-state index in [1.807, 2.05) is 0 Å². The third kappa shape index (κ3) is 1.65. The molecule has 1 aromatic rings. The Balaban J connectivity index is 2.04. The molecule has 1 N–H and O–H groups in total. The summed E-state index contributed by atoms with van der Waals surface area (Å²) in [6, 6.07) is 2.71. The lowest BCUT2D eigenvalue weighted by Gasteiger charge is -2.27. The molecule has 2 atom stereocenters. The summed E-state index contributed by atoms with van der Waals surface area (Å²) < 4.78 is 44.6. The highest BCUT2D eigenvalue weighted by Gasteiger charge is 2.37. The quantitative estimate of drug-likeness (QED) is 0.817. The fourth-order valence-electron chi connectivity index (χ4n) is 2.66. The standard InChI is InChI=1S/C12H12F3NO/c13-10-7(12(14)15)2-1-6-8(10)5-9-11(6)16-3-4-17-9/h1-2,9,11-12,16H,3-5H2/t9-,11+/m1/s1. The molecule has 3 rings (SSSR count). The van der Waals surface area contributed by atoms with Crippen LogP contribution in [0.15, 0.2) is 12.1 Å². The van der Waals surface area contributed by atoms with E-state index in [4.69, 9.17) is 4.74 Å². The Morgan fingerprint density at radius 2 is 2.18 bits per heavy atom. The van der Waals surface area contributed by atoms with Crippen molar-refractivity contribution in [3.8, 4) is 0 Å². The Labute approximate surface area is 96.8 Å². The van der Waals surface area contributed by atoms with Crippen molar-refractivity contribution in [3.05, 3.63) is 34.6 Å². The lowest BCUT2D eigenvalue weighted by molar-refractivity contribution is 0.00487. The molecule has 1 aromatic carbocycles. The van der Waals surface area contributed by atoms with Crippen LogP contribution in [0.25, 0.3) is 0 Å². The molecule has 17 heavy (non-hydrogen) atoms. The van der Waals surface area contributed by atoms with Crippen LogP contribution in [-0.2, 0) is 11.2 Å². The maximum Gasteiger partial charge on any atom is 0.266 e. The normalized spacial score (nSPS) is 27.1. The summed E-state index contributed by atoms with van der Waals surface area (Å²) in [5, 5.41) is 3.23. The van der Waals surface area contributed by atoms with Crippen LogP contribution in [0.3, 0.4) is 0 Å². The highest BCUT2D eigenvalue weighted by atomic mass is 19.3. The Kier molecular flexibility index (Phi) is 2.60. The predicted octanol–water partition coefficient (Wildman–Crippen LogP) is 2.35. The zero-order chi connectivity index (χ0) is 12.0. The number of benzene rings is 1. The second kappa shape index (κ2) is 3.99. The molecule has 1 fully saturated rings. The molecular weight excluding hydrogens is 231 g/mol. The van der Waals surface area contributed by atoms with E-state index in [0.717, 1.165) is 5.56 Å². The summed E-state index contributed by atoms with van der Waals surface area (Å²) in [5.41, 5.74) is 0.631. The summed E-state index contributed by atoms with van der Waals surface area (Å²) in [7, 11) is 0. The van der Waals surface area contributed by atoms with Gasteiger partial charge < -0.3 is 10.1 Å². The third-order valence-corrected chi connectivity index (χ3v) is 3.45. The van der Waals surface area contributed by atoms with Gasteiger partial charge >= 0.3 is 0 Å². The first kappa shape index (κ1) is 11.0. The average Bonchev–Trinajstić information content (AvgIpc) is 2.69. The molecule has 1 heterocycles. The van der Waals surface area contributed by atoms with Crippen molar-refractivity contribution < 1.29 is 17.9 Å². The fraction of sp³-hybridized carbons (Fsp3) is 0.500. The van der Waals surface area contributed by atoms with Gasteiger partial charge in [-0.05, 0) is 11.1 Å². The number of halogens is 3. The van der Waals surface area contributed by atoms with Crippen LogP contribution in [0.5, 0.6) is 0 Å². The van der Waals surface area contributed by atoms with E-state index in [2.05, 4.69) is 5.32 Å². The van der Waals surface area contributed by atoms with Crippen LogP contribution in [-0.4, -0.2) is 19.3 Å². The van der Waals surface area contributed by atoms with Crippen LogP contribution >= 0.6 is 0 Å². The summed E-state index contributed by atoms with van der Waals surface area (Å²) in [4.78, 5) is 0. The van der Waals surface area contributed by atoms with Gasteiger partial charge in [0.25, 0.3) is 6.43 Å². The number of ether oxygens (including phenoxy) is 1. The molecule has 0 unspecified atom stereocenters. The summed E-state index contributed by atoms with van der Waals surface area (Å²) in [6.45, 7) is 1.29. The molecule has 0 bridgehead atoms. The van der Waals surface area contributed by atoms with Gasteiger partial charge in [-0.25, -0.2) is 13.2 Å². The molecule has 0 amide bonds. The Hall–Kier alpha value is -1.07. The summed E-state index contributed by atoms with van der Waals surface area (Å²) in [5.74, 6) is -0.766. The van der Waals surface area contributed by atoms with Gasteiger partial charge in [0.1, 0.15) is 5.82 Å². The maximum absolute atomic E-state index is 13.9. The van der Waals surface area contributed by atoms with Crippen LogP contribution in [0.1, 0.15) is 29.2 Å². The molecule has 2 aliphatic rings. The smallest absolute Gasteiger partial charge is 0.266 e. The van der Waals surface area contributed by atoms with E-state index < -0.39 is 17.8 Å². The van der Waals surface area contributed by atoms with E-state index in [-0.39, 0.29) is 12.1 Å². The van der Waals surface area contributed by atoms with Gasteiger partial charge in [0, 0.05) is 13.0 Å². The van der Waals surface area contributed by atoms with E-state index in [1.54, 1.807) is 6.07 Å². The number of morpholine rings is 1. The minimum Gasteiger partial charge on any atom is -0.375 e. The van der Waals surface area contributed by atoms with Crippen molar-refractivity contribution in [3.63, 3.8) is 0 Å². The zero-order valence-corrected chi connectivity index (χ0v) is 9.05. The number of rotatable bonds is 1. The molecular formula is C12H12F3NO. The summed E-state index contributed by atoms with van der Waals surface area (Å²) in [6.07, 6.45) is -2.52. The van der Waals surface area contributed by atoms with Gasteiger partial charge in [0.15, 0.2) is 0 Å². The molecule has 0 spiro atoms. The predicted molar refractivity (Wildman–Crippen MR) is 55.5 cm³/mol. The van der Waals surface area contributed by atoms with Crippen LogP contribution in [0, 0.1) is 5.82 Å². The Bertz CT molecular complexity index is 450. The van der Waals surface area contributed by atoms with E-state index in [0.29, 0.717) is 25.1 Å². The lowest BCUT2D eigenvalue weighted by atomic mass is 10.0. The molecule has 92 valence electrons. The van der Waals surface area contributed by atoms with E-state index in [1.165, 1.54) is 6.07 Å². The number of fused-ring (bicyclic) bond motifs is 3. The second-order valence-electron chi connectivity index (χ2n) is 4.38. The molecule has 1 aliphatic carbocycles. The van der Waals surface area contributed by atoms with Crippen molar-refractivity contribution in [1.82, 2.24) is 5.32 Å². The van der Waals surface area contributed by atoms with Crippen molar-refractivity contribution in [1.29, 1.82) is 0 Å². The Morgan fingerprint density at radius 3 is 2.94 bits per heavy atom. The molecule has 0 saturated carbocycles. The zero-order valence-electron chi connectivity index (χ0n) is 9.05. The molecule has 0 radical (unpaired) electrons. The minimum absolute atomic E-state index is 0.0556. The van der Waals surface area contributed by atoms with Gasteiger partial charge in [-0.1, -0.05) is 12.1 Å². The maximum atomic E-state index is 13.9. The van der Waals surface area contributed by atoms with Gasteiger partial charge in [0.05, 0.1) is 24.3 Å².